The van der Waals surface area contributed by atoms with Crippen LogP contribution in [0.3, 0.4) is 0 Å². The number of benzene rings is 1. The summed E-state index contributed by atoms with van der Waals surface area (Å²) in [5, 5.41) is 8.31. The minimum Gasteiger partial charge on any atom is -0.325 e. The molecule has 0 radical (unpaired) electrons. The van der Waals surface area contributed by atoms with E-state index in [-0.39, 0.29) is 11.9 Å². The van der Waals surface area contributed by atoms with E-state index in [1.54, 1.807) is 11.3 Å². The molecule has 0 aliphatic rings. The lowest BCUT2D eigenvalue weighted by Gasteiger charge is -2.16. The molecule has 0 aliphatic heterocycles. The Morgan fingerprint density at radius 1 is 1.33 bits per heavy atom. The van der Waals surface area contributed by atoms with Gasteiger partial charge in [-0.25, -0.2) is 0 Å². The third-order valence-electron chi connectivity index (χ3n) is 3.08. The first kappa shape index (κ1) is 16.2. The van der Waals surface area contributed by atoms with Crippen LogP contribution in [0.2, 0.25) is 0 Å². The van der Waals surface area contributed by atoms with Crippen molar-refractivity contribution in [2.75, 3.05) is 11.9 Å². The minimum atomic E-state index is -0.0224. The van der Waals surface area contributed by atoms with Crippen molar-refractivity contribution in [2.24, 2.45) is 0 Å². The largest absolute Gasteiger partial charge is 0.325 e. The smallest absolute Gasteiger partial charge is 0.238 e. The molecule has 0 spiro atoms. The number of carbonyl (C=O) groups excluding carboxylic acids is 1. The van der Waals surface area contributed by atoms with E-state index in [9.17, 15) is 4.79 Å². The number of anilines is 1. The second-order valence-corrected chi connectivity index (χ2v) is 6.69. The molecule has 1 amide bonds. The highest BCUT2D eigenvalue weighted by molar-refractivity contribution is 9.10. The Morgan fingerprint density at radius 3 is 2.86 bits per heavy atom. The molecule has 1 aromatic carbocycles. The molecule has 0 saturated heterocycles. The maximum atomic E-state index is 12.0. The van der Waals surface area contributed by atoms with Gasteiger partial charge in [0.15, 0.2) is 0 Å². The Morgan fingerprint density at radius 2 is 2.19 bits per heavy atom. The summed E-state index contributed by atoms with van der Waals surface area (Å²) in [7, 11) is 0. The van der Waals surface area contributed by atoms with Gasteiger partial charge in [0.2, 0.25) is 5.91 Å². The number of rotatable bonds is 7. The summed E-state index contributed by atoms with van der Waals surface area (Å²) >= 11 is 5.12. The van der Waals surface area contributed by atoms with Gasteiger partial charge in [0.1, 0.15) is 0 Å². The van der Waals surface area contributed by atoms with Crippen molar-refractivity contribution in [2.45, 2.75) is 25.8 Å². The first-order valence-corrected chi connectivity index (χ1v) is 8.68. The zero-order chi connectivity index (χ0) is 15.1. The molecule has 0 fully saturated rings. The number of amides is 1. The number of hydrogen-bond donors (Lipinski definition) is 2. The zero-order valence-corrected chi connectivity index (χ0v) is 14.3. The molecule has 1 unspecified atom stereocenters. The summed E-state index contributed by atoms with van der Waals surface area (Å²) in [6, 6.07) is 12.0. The van der Waals surface area contributed by atoms with E-state index in [1.807, 2.05) is 30.3 Å². The van der Waals surface area contributed by atoms with E-state index in [2.05, 4.69) is 44.9 Å². The van der Waals surface area contributed by atoms with Crippen LogP contribution in [0.5, 0.6) is 0 Å². The van der Waals surface area contributed by atoms with E-state index < -0.39 is 0 Å². The van der Waals surface area contributed by atoms with Gasteiger partial charge < -0.3 is 10.6 Å². The summed E-state index contributed by atoms with van der Waals surface area (Å²) in [4.78, 5) is 13.3. The molecule has 21 heavy (non-hydrogen) atoms. The Bertz CT molecular complexity index is 571. The quantitative estimate of drug-likeness (QED) is 0.752. The Labute approximate surface area is 137 Å². The topological polar surface area (TPSA) is 41.1 Å². The van der Waals surface area contributed by atoms with Gasteiger partial charge in [-0.3, -0.25) is 4.79 Å². The Hall–Kier alpha value is -1.17. The van der Waals surface area contributed by atoms with Crippen LogP contribution < -0.4 is 10.6 Å². The third kappa shape index (κ3) is 5.26. The molecule has 2 aromatic rings. The normalized spacial score (nSPS) is 12.1. The van der Waals surface area contributed by atoms with Crippen molar-refractivity contribution in [3.05, 3.63) is 51.1 Å². The monoisotopic (exact) mass is 366 g/mol. The van der Waals surface area contributed by atoms with E-state index in [4.69, 9.17) is 0 Å². The third-order valence-corrected chi connectivity index (χ3v) is 4.56. The van der Waals surface area contributed by atoms with E-state index in [1.165, 1.54) is 4.88 Å². The van der Waals surface area contributed by atoms with E-state index in [0.717, 1.165) is 23.0 Å². The molecular formula is C16H19BrN2OS. The summed E-state index contributed by atoms with van der Waals surface area (Å²) in [5.41, 5.74) is 0.805. The van der Waals surface area contributed by atoms with Crippen molar-refractivity contribution in [3.8, 4) is 0 Å². The SMILES string of the molecule is CCCC(NCC(=O)Nc1cccc(Br)c1)c1cccs1. The average Bonchev–Trinajstić information content (AvgIpc) is 2.97. The molecule has 1 heterocycles. The zero-order valence-electron chi connectivity index (χ0n) is 11.9. The van der Waals surface area contributed by atoms with Gasteiger partial charge in [-0.05, 0) is 36.1 Å². The molecule has 1 atom stereocenters. The lowest BCUT2D eigenvalue weighted by atomic mass is 10.1. The second-order valence-electron chi connectivity index (χ2n) is 4.80. The van der Waals surface area contributed by atoms with Crippen molar-refractivity contribution < 1.29 is 4.79 Å². The summed E-state index contributed by atoms with van der Waals surface area (Å²) in [5.74, 6) is -0.0224. The van der Waals surface area contributed by atoms with Gasteiger partial charge in [0.25, 0.3) is 0 Å². The average molecular weight is 367 g/mol. The van der Waals surface area contributed by atoms with Crippen LogP contribution in [-0.4, -0.2) is 12.5 Å². The van der Waals surface area contributed by atoms with Crippen LogP contribution in [0.4, 0.5) is 5.69 Å². The minimum absolute atomic E-state index is 0.0224. The second kappa shape index (κ2) is 8.32. The van der Waals surface area contributed by atoms with Crippen LogP contribution in [0.15, 0.2) is 46.3 Å². The standard InChI is InChI=1S/C16H19BrN2OS/c1-2-5-14(15-8-4-9-21-15)18-11-16(20)19-13-7-3-6-12(17)10-13/h3-4,6-10,14,18H,2,5,11H2,1H3,(H,19,20). The Kier molecular flexibility index (Phi) is 6.42. The maximum absolute atomic E-state index is 12.0. The molecule has 2 rings (SSSR count). The fourth-order valence-electron chi connectivity index (χ4n) is 2.11. The van der Waals surface area contributed by atoms with Crippen molar-refractivity contribution in [1.29, 1.82) is 0 Å². The molecule has 1 aromatic heterocycles. The number of carbonyl (C=O) groups is 1. The highest BCUT2D eigenvalue weighted by atomic mass is 79.9. The van der Waals surface area contributed by atoms with E-state index in [0.29, 0.717) is 6.54 Å². The fourth-order valence-corrected chi connectivity index (χ4v) is 3.35. The van der Waals surface area contributed by atoms with Gasteiger partial charge in [0.05, 0.1) is 6.54 Å². The number of halogens is 1. The van der Waals surface area contributed by atoms with Gasteiger partial charge in [-0.1, -0.05) is 41.4 Å². The molecule has 112 valence electrons. The van der Waals surface area contributed by atoms with Crippen LogP contribution in [0, 0.1) is 0 Å². The van der Waals surface area contributed by atoms with Crippen molar-refractivity contribution in [3.63, 3.8) is 0 Å². The van der Waals surface area contributed by atoms with E-state index >= 15 is 0 Å². The molecule has 0 bridgehead atoms. The predicted molar refractivity (Wildman–Crippen MR) is 92.7 cm³/mol. The van der Waals surface area contributed by atoms with Gasteiger partial charge in [0, 0.05) is 21.1 Å². The highest BCUT2D eigenvalue weighted by Gasteiger charge is 2.12. The number of thiophene rings is 1. The van der Waals surface area contributed by atoms with Gasteiger partial charge >= 0.3 is 0 Å². The molecule has 0 aliphatic carbocycles. The highest BCUT2D eigenvalue weighted by Crippen LogP contribution is 2.23. The molecule has 3 nitrogen and oxygen atoms in total. The van der Waals surface area contributed by atoms with Crippen molar-refractivity contribution >= 4 is 38.9 Å². The van der Waals surface area contributed by atoms with Crippen molar-refractivity contribution in [1.82, 2.24) is 5.32 Å². The molecule has 0 saturated carbocycles. The summed E-state index contributed by atoms with van der Waals surface area (Å²) in [6.07, 6.45) is 2.12. The van der Waals surface area contributed by atoms with Crippen LogP contribution in [-0.2, 0) is 4.79 Å². The molecule has 2 N–H and O–H groups in total. The fraction of sp³-hybridized carbons (Fsp3) is 0.312. The summed E-state index contributed by atoms with van der Waals surface area (Å²) in [6.45, 7) is 2.47. The maximum Gasteiger partial charge on any atom is 0.238 e. The van der Waals surface area contributed by atoms with Crippen LogP contribution >= 0.6 is 27.3 Å². The molecule has 5 heteroatoms. The number of nitrogens with one attached hydrogen (secondary N) is 2. The number of hydrogen-bond acceptors (Lipinski definition) is 3. The van der Waals surface area contributed by atoms with Crippen LogP contribution in [0.1, 0.15) is 30.7 Å². The lowest BCUT2D eigenvalue weighted by molar-refractivity contribution is -0.115. The van der Waals surface area contributed by atoms with Gasteiger partial charge in [-0.2, -0.15) is 0 Å². The van der Waals surface area contributed by atoms with Gasteiger partial charge in [-0.15, -0.1) is 11.3 Å². The first-order valence-electron chi connectivity index (χ1n) is 7.01. The lowest BCUT2D eigenvalue weighted by Crippen LogP contribution is -2.31. The molecular weight excluding hydrogens is 348 g/mol. The van der Waals surface area contributed by atoms with Crippen LogP contribution in [0.25, 0.3) is 0 Å². The predicted octanol–water partition coefficient (Wildman–Crippen LogP) is 4.58. The summed E-state index contributed by atoms with van der Waals surface area (Å²) < 4.78 is 0.954. The first-order chi connectivity index (χ1) is 10.2. The Balaban J connectivity index is 1.87.